The molecule has 4 heteroatoms. The van der Waals surface area contributed by atoms with Gasteiger partial charge in [0.1, 0.15) is 0 Å². The van der Waals surface area contributed by atoms with Crippen molar-refractivity contribution >= 4 is 21.8 Å². The van der Waals surface area contributed by atoms with Crippen molar-refractivity contribution < 1.29 is 9.90 Å². The maximum Gasteiger partial charge on any atom is 0.227 e. The van der Waals surface area contributed by atoms with E-state index in [1.54, 1.807) is 0 Å². The summed E-state index contributed by atoms with van der Waals surface area (Å²) in [5.41, 5.74) is 0.992. The highest BCUT2D eigenvalue weighted by Crippen LogP contribution is 2.22. The van der Waals surface area contributed by atoms with Gasteiger partial charge in [0.25, 0.3) is 0 Å². The average molecular weight is 326 g/mol. The summed E-state index contributed by atoms with van der Waals surface area (Å²) in [6.07, 6.45) is 3.40. The van der Waals surface area contributed by atoms with Gasteiger partial charge in [-0.15, -0.1) is 0 Å². The molecule has 0 aromatic heterocycles. The van der Waals surface area contributed by atoms with Gasteiger partial charge in [-0.05, 0) is 37.5 Å². The van der Waals surface area contributed by atoms with Crippen LogP contribution in [0.2, 0.25) is 0 Å². The average Bonchev–Trinajstić information content (AvgIpc) is 2.41. The molecule has 3 unspecified atom stereocenters. The fourth-order valence-corrected chi connectivity index (χ4v) is 2.75. The van der Waals surface area contributed by atoms with E-state index in [4.69, 9.17) is 0 Å². The van der Waals surface area contributed by atoms with Crippen LogP contribution >= 0.6 is 15.9 Å². The molecule has 1 aliphatic rings. The Morgan fingerprint density at radius 3 is 2.58 bits per heavy atom. The number of hydrogen-bond donors (Lipinski definition) is 2. The van der Waals surface area contributed by atoms with E-state index in [9.17, 15) is 9.90 Å². The summed E-state index contributed by atoms with van der Waals surface area (Å²) in [4.78, 5) is 12.2. The molecule has 2 N–H and O–H groups in total. The van der Waals surface area contributed by atoms with Gasteiger partial charge in [0, 0.05) is 4.47 Å². The maximum atomic E-state index is 12.2. The molecule has 3 nitrogen and oxygen atoms in total. The zero-order chi connectivity index (χ0) is 13.8. The highest BCUT2D eigenvalue weighted by Gasteiger charge is 2.26. The maximum absolute atomic E-state index is 12.2. The Hall–Kier alpha value is -0.870. The third-order valence-corrected chi connectivity index (χ3v) is 4.35. The zero-order valence-corrected chi connectivity index (χ0v) is 12.7. The van der Waals surface area contributed by atoms with Gasteiger partial charge in [-0.25, -0.2) is 0 Å². The van der Waals surface area contributed by atoms with Crippen molar-refractivity contribution in [3.63, 3.8) is 0 Å². The lowest BCUT2D eigenvalue weighted by Gasteiger charge is -2.29. The van der Waals surface area contributed by atoms with Gasteiger partial charge in [-0.3, -0.25) is 4.79 Å². The van der Waals surface area contributed by atoms with Crippen LogP contribution < -0.4 is 5.32 Å². The molecule has 104 valence electrons. The Labute approximate surface area is 122 Å². The monoisotopic (exact) mass is 325 g/mol. The van der Waals surface area contributed by atoms with Crippen molar-refractivity contribution in [3.05, 3.63) is 34.3 Å². The first-order valence-corrected chi connectivity index (χ1v) is 7.61. The number of carbonyl (C=O) groups is 1. The molecule has 0 heterocycles. The van der Waals surface area contributed by atoms with Crippen LogP contribution in [-0.2, 0) is 4.79 Å². The standard InChI is InChI=1S/C15H20BrNO2/c1-10(11-6-8-12(16)9-7-11)15(19)17-13-4-2-3-5-14(13)18/h6-10,13-14,18H,2-5H2,1H3,(H,17,19). The lowest BCUT2D eigenvalue weighted by molar-refractivity contribution is -0.124. The Balaban J connectivity index is 1.97. The summed E-state index contributed by atoms with van der Waals surface area (Å²) >= 11 is 3.39. The Morgan fingerprint density at radius 2 is 1.95 bits per heavy atom. The van der Waals surface area contributed by atoms with E-state index in [0.29, 0.717) is 0 Å². The minimum Gasteiger partial charge on any atom is -0.391 e. The quantitative estimate of drug-likeness (QED) is 0.897. The summed E-state index contributed by atoms with van der Waals surface area (Å²) in [5.74, 6) is -0.199. The van der Waals surface area contributed by atoms with Gasteiger partial charge < -0.3 is 10.4 Å². The number of hydrogen-bond acceptors (Lipinski definition) is 2. The molecule has 3 atom stereocenters. The fraction of sp³-hybridized carbons (Fsp3) is 0.533. The van der Waals surface area contributed by atoms with Gasteiger partial charge >= 0.3 is 0 Å². The molecule has 1 aromatic rings. The Kier molecular flexibility index (Phi) is 4.99. The van der Waals surface area contributed by atoms with E-state index < -0.39 is 6.10 Å². The number of benzene rings is 1. The van der Waals surface area contributed by atoms with Crippen LogP contribution in [0.1, 0.15) is 44.1 Å². The van der Waals surface area contributed by atoms with Crippen molar-refractivity contribution in [1.82, 2.24) is 5.32 Å². The summed E-state index contributed by atoms with van der Waals surface area (Å²) in [7, 11) is 0. The van der Waals surface area contributed by atoms with E-state index >= 15 is 0 Å². The summed E-state index contributed by atoms with van der Waals surface area (Å²) in [6, 6.07) is 7.69. The summed E-state index contributed by atoms with van der Waals surface area (Å²) in [5, 5.41) is 12.9. The number of carbonyl (C=O) groups excluding carboxylic acids is 1. The van der Waals surface area contributed by atoms with Gasteiger partial charge in [-0.2, -0.15) is 0 Å². The molecule has 0 spiro atoms. The predicted molar refractivity (Wildman–Crippen MR) is 79.0 cm³/mol. The van der Waals surface area contributed by atoms with Crippen molar-refractivity contribution in [2.75, 3.05) is 0 Å². The Bertz CT molecular complexity index is 432. The molecular weight excluding hydrogens is 306 g/mol. The molecule has 0 saturated heterocycles. The van der Waals surface area contributed by atoms with Gasteiger partial charge in [-0.1, -0.05) is 40.9 Å². The van der Waals surface area contributed by atoms with Crippen molar-refractivity contribution in [2.45, 2.75) is 50.7 Å². The van der Waals surface area contributed by atoms with Crippen molar-refractivity contribution in [1.29, 1.82) is 0 Å². The first-order chi connectivity index (χ1) is 9.08. The van der Waals surface area contributed by atoms with Crippen LogP contribution in [0.15, 0.2) is 28.7 Å². The number of aliphatic hydroxyl groups excluding tert-OH is 1. The van der Waals surface area contributed by atoms with Crippen LogP contribution in [0.4, 0.5) is 0 Å². The van der Waals surface area contributed by atoms with E-state index in [0.717, 1.165) is 35.7 Å². The molecule has 1 amide bonds. The number of amides is 1. The molecule has 0 aliphatic heterocycles. The first kappa shape index (κ1) is 14.5. The topological polar surface area (TPSA) is 49.3 Å². The van der Waals surface area contributed by atoms with Crippen LogP contribution in [0.5, 0.6) is 0 Å². The van der Waals surface area contributed by atoms with Crippen LogP contribution in [0.25, 0.3) is 0 Å². The second kappa shape index (κ2) is 6.53. The largest absolute Gasteiger partial charge is 0.391 e. The highest BCUT2D eigenvalue weighted by atomic mass is 79.9. The second-order valence-corrected chi connectivity index (χ2v) is 6.16. The molecule has 1 aromatic carbocycles. The van der Waals surface area contributed by atoms with Crippen LogP contribution in [0.3, 0.4) is 0 Å². The highest BCUT2D eigenvalue weighted by molar-refractivity contribution is 9.10. The van der Waals surface area contributed by atoms with Crippen LogP contribution in [-0.4, -0.2) is 23.2 Å². The first-order valence-electron chi connectivity index (χ1n) is 6.82. The normalized spacial score (nSPS) is 24.8. The predicted octanol–water partition coefficient (Wildman–Crippen LogP) is 2.97. The summed E-state index contributed by atoms with van der Waals surface area (Å²) in [6.45, 7) is 1.90. The number of halogens is 1. The number of aliphatic hydroxyl groups is 1. The van der Waals surface area contributed by atoms with E-state index in [-0.39, 0.29) is 17.9 Å². The van der Waals surface area contributed by atoms with Crippen molar-refractivity contribution in [3.8, 4) is 0 Å². The van der Waals surface area contributed by atoms with Gasteiger partial charge in [0.2, 0.25) is 5.91 Å². The molecule has 1 aliphatic carbocycles. The molecule has 1 fully saturated rings. The van der Waals surface area contributed by atoms with E-state index in [1.165, 1.54) is 0 Å². The van der Waals surface area contributed by atoms with E-state index in [1.807, 2.05) is 31.2 Å². The fourth-order valence-electron chi connectivity index (χ4n) is 2.49. The lowest BCUT2D eigenvalue weighted by Crippen LogP contribution is -2.46. The third kappa shape index (κ3) is 3.80. The zero-order valence-electron chi connectivity index (χ0n) is 11.1. The van der Waals surface area contributed by atoms with Gasteiger partial charge in [0.15, 0.2) is 0 Å². The Morgan fingerprint density at radius 1 is 1.32 bits per heavy atom. The minimum atomic E-state index is -0.394. The third-order valence-electron chi connectivity index (χ3n) is 3.82. The van der Waals surface area contributed by atoms with Crippen LogP contribution in [0, 0.1) is 0 Å². The minimum absolute atomic E-state index is 0.00623. The van der Waals surface area contributed by atoms with E-state index in [2.05, 4.69) is 21.2 Å². The SMILES string of the molecule is CC(C(=O)NC1CCCCC1O)c1ccc(Br)cc1. The number of rotatable bonds is 3. The second-order valence-electron chi connectivity index (χ2n) is 5.24. The lowest BCUT2D eigenvalue weighted by atomic mass is 9.91. The molecule has 0 radical (unpaired) electrons. The molecule has 1 saturated carbocycles. The molecule has 2 rings (SSSR count). The molecule has 19 heavy (non-hydrogen) atoms. The van der Waals surface area contributed by atoms with Crippen molar-refractivity contribution in [2.24, 2.45) is 0 Å². The summed E-state index contributed by atoms with van der Waals surface area (Å²) < 4.78 is 1.01. The number of nitrogens with one attached hydrogen (secondary N) is 1. The molecular formula is C15H20BrNO2. The smallest absolute Gasteiger partial charge is 0.227 e. The van der Waals surface area contributed by atoms with Gasteiger partial charge in [0.05, 0.1) is 18.1 Å². The molecule has 0 bridgehead atoms.